The van der Waals surface area contributed by atoms with Gasteiger partial charge in [-0.05, 0) is 25.0 Å². The SMILES string of the molecule is C=CCC1(C(=O)OCC)OCC(C)c2ccc(C)cc21. The van der Waals surface area contributed by atoms with Crippen LogP contribution in [0.3, 0.4) is 0 Å². The Bertz CT molecular complexity index is 521. The summed E-state index contributed by atoms with van der Waals surface area (Å²) >= 11 is 0. The van der Waals surface area contributed by atoms with Crippen LogP contribution in [0.1, 0.15) is 42.9 Å². The first-order valence-electron chi connectivity index (χ1n) is 7.08. The number of esters is 1. The zero-order valence-corrected chi connectivity index (χ0v) is 12.4. The van der Waals surface area contributed by atoms with E-state index in [2.05, 4.69) is 25.6 Å². The summed E-state index contributed by atoms with van der Waals surface area (Å²) in [7, 11) is 0. The summed E-state index contributed by atoms with van der Waals surface area (Å²) in [6.07, 6.45) is 2.15. The molecule has 108 valence electrons. The van der Waals surface area contributed by atoms with Crippen molar-refractivity contribution in [2.45, 2.75) is 38.7 Å². The molecule has 2 rings (SSSR count). The minimum Gasteiger partial charge on any atom is -0.464 e. The Hall–Kier alpha value is -1.61. The van der Waals surface area contributed by atoms with Gasteiger partial charge in [0, 0.05) is 12.3 Å². The van der Waals surface area contributed by atoms with Gasteiger partial charge in [0.25, 0.3) is 0 Å². The van der Waals surface area contributed by atoms with Crippen LogP contribution in [0.15, 0.2) is 30.9 Å². The molecule has 0 radical (unpaired) electrons. The average Bonchev–Trinajstić information content (AvgIpc) is 2.42. The molecule has 1 aromatic carbocycles. The molecule has 0 aliphatic carbocycles. The van der Waals surface area contributed by atoms with E-state index >= 15 is 0 Å². The predicted molar refractivity (Wildman–Crippen MR) is 78.7 cm³/mol. The molecular formula is C17H22O3. The molecule has 0 amide bonds. The summed E-state index contributed by atoms with van der Waals surface area (Å²) < 4.78 is 11.2. The third-order valence-electron chi connectivity index (χ3n) is 3.79. The first kappa shape index (κ1) is 14.8. The van der Waals surface area contributed by atoms with E-state index in [1.807, 2.05) is 19.9 Å². The summed E-state index contributed by atoms with van der Waals surface area (Å²) in [6.45, 7) is 10.6. The fraction of sp³-hybridized carbons (Fsp3) is 0.471. The second-order valence-corrected chi connectivity index (χ2v) is 5.34. The van der Waals surface area contributed by atoms with Crippen molar-refractivity contribution in [3.05, 3.63) is 47.5 Å². The molecule has 0 fully saturated rings. The van der Waals surface area contributed by atoms with Crippen LogP contribution in [0.2, 0.25) is 0 Å². The van der Waals surface area contributed by atoms with E-state index in [0.29, 0.717) is 19.6 Å². The Labute approximate surface area is 120 Å². The molecule has 0 aromatic heterocycles. The van der Waals surface area contributed by atoms with Crippen LogP contribution in [0.4, 0.5) is 0 Å². The van der Waals surface area contributed by atoms with E-state index in [9.17, 15) is 4.79 Å². The third kappa shape index (κ3) is 2.38. The molecule has 0 saturated carbocycles. The van der Waals surface area contributed by atoms with Crippen molar-refractivity contribution in [3.63, 3.8) is 0 Å². The molecule has 0 bridgehead atoms. The molecule has 0 saturated heterocycles. The number of carbonyl (C=O) groups excluding carboxylic acids is 1. The van der Waals surface area contributed by atoms with Crippen LogP contribution in [0.25, 0.3) is 0 Å². The quantitative estimate of drug-likeness (QED) is 0.623. The van der Waals surface area contributed by atoms with E-state index in [0.717, 1.165) is 16.7 Å². The fourth-order valence-corrected chi connectivity index (χ4v) is 2.76. The zero-order chi connectivity index (χ0) is 14.8. The summed E-state index contributed by atoms with van der Waals surface area (Å²) in [5.74, 6) is -0.0448. The lowest BCUT2D eigenvalue weighted by atomic mass is 9.79. The van der Waals surface area contributed by atoms with Crippen LogP contribution in [0, 0.1) is 6.92 Å². The zero-order valence-electron chi connectivity index (χ0n) is 12.4. The smallest absolute Gasteiger partial charge is 0.343 e. The largest absolute Gasteiger partial charge is 0.464 e. The van der Waals surface area contributed by atoms with Gasteiger partial charge in [0.2, 0.25) is 0 Å². The Kier molecular flexibility index (Phi) is 4.29. The number of hydrogen-bond donors (Lipinski definition) is 0. The van der Waals surface area contributed by atoms with Crippen molar-refractivity contribution in [1.82, 2.24) is 0 Å². The molecule has 1 aliphatic rings. The van der Waals surface area contributed by atoms with E-state index in [1.165, 1.54) is 0 Å². The standard InChI is InChI=1S/C17H22O3/c1-5-9-17(16(18)19-6-2)15-10-12(3)7-8-14(15)13(4)11-20-17/h5,7-8,10,13H,1,6,9,11H2,2-4H3. The van der Waals surface area contributed by atoms with Crippen LogP contribution in [-0.4, -0.2) is 19.2 Å². The van der Waals surface area contributed by atoms with Crippen molar-refractivity contribution >= 4 is 5.97 Å². The van der Waals surface area contributed by atoms with Gasteiger partial charge in [0.05, 0.1) is 13.2 Å². The topological polar surface area (TPSA) is 35.5 Å². The van der Waals surface area contributed by atoms with Crippen molar-refractivity contribution in [3.8, 4) is 0 Å². The van der Waals surface area contributed by atoms with E-state index in [4.69, 9.17) is 9.47 Å². The van der Waals surface area contributed by atoms with Gasteiger partial charge in [-0.25, -0.2) is 4.79 Å². The van der Waals surface area contributed by atoms with Crippen molar-refractivity contribution in [2.75, 3.05) is 13.2 Å². The van der Waals surface area contributed by atoms with Crippen LogP contribution >= 0.6 is 0 Å². The molecule has 3 heteroatoms. The van der Waals surface area contributed by atoms with Crippen LogP contribution in [-0.2, 0) is 19.9 Å². The van der Waals surface area contributed by atoms with Gasteiger partial charge in [-0.15, -0.1) is 6.58 Å². The van der Waals surface area contributed by atoms with Gasteiger partial charge in [0.15, 0.2) is 5.60 Å². The summed E-state index contributed by atoms with van der Waals surface area (Å²) in [5, 5.41) is 0. The first-order valence-corrected chi connectivity index (χ1v) is 7.08. The molecular weight excluding hydrogens is 252 g/mol. The van der Waals surface area contributed by atoms with Gasteiger partial charge < -0.3 is 9.47 Å². The second kappa shape index (κ2) is 5.80. The number of benzene rings is 1. The fourth-order valence-electron chi connectivity index (χ4n) is 2.76. The van der Waals surface area contributed by atoms with E-state index < -0.39 is 5.60 Å². The summed E-state index contributed by atoms with van der Waals surface area (Å²) in [6, 6.07) is 6.20. The molecule has 1 heterocycles. The minimum absolute atomic E-state index is 0.276. The predicted octanol–water partition coefficient (Wildman–Crippen LogP) is 3.46. The third-order valence-corrected chi connectivity index (χ3v) is 3.79. The number of fused-ring (bicyclic) bond motifs is 1. The number of hydrogen-bond acceptors (Lipinski definition) is 3. The van der Waals surface area contributed by atoms with Gasteiger partial charge >= 0.3 is 5.97 Å². The second-order valence-electron chi connectivity index (χ2n) is 5.34. The van der Waals surface area contributed by atoms with Crippen LogP contribution in [0.5, 0.6) is 0 Å². The van der Waals surface area contributed by atoms with Crippen molar-refractivity contribution in [2.24, 2.45) is 0 Å². The molecule has 1 aromatic rings. The molecule has 2 atom stereocenters. The number of rotatable bonds is 4. The lowest BCUT2D eigenvalue weighted by molar-refractivity contribution is -0.177. The number of ether oxygens (including phenoxy) is 2. The Morgan fingerprint density at radius 2 is 2.35 bits per heavy atom. The van der Waals surface area contributed by atoms with Gasteiger partial charge in [0.1, 0.15) is 0 Å². The first-order chi connectivity index (χ1) is 9.55. The van der Waals surface area contributed by atoms with Crippen LogP contribution < -0.4 is 0 Å². The average molecular weight is 274 g/mol. The maximum absolute atomic E-state index is 12.5. The minimum atomic E-state index is -1.04. The highest BCUT2D eigenvalue weighted by atomic mass is 16.6. The monoisotopic (exact) mass is 274 g/mol. The Morgan fingerprint density at radius 1 is 1.60 bits per heavy atom. The summed E-state index contributed by atoms with van der Waals surface area (Å²) in [4.78, 5) is 12.5. The molecule has 0 spiro atoms. The highest BCUT2D eigenvalue weighted by Gasteiger charge is 2.46. The maximum Gasteiger partial charge on any atom is 0.343 e. The van der Waals surface area contributed by atoms with E-state index in [1.54, 1.807) is 6.08 Å². The molecule has 20 heavy (non-hydrogen) atoms. The molecule has 0 N–H and O–H groups in total. The van der Waals surface area contributed by atoms with Crippen molar-refractivity contribution in [1.29, 1.82) is 0 Å². The van der Waals surface area contributed by atoms with Crippen molar-refractivity contribution < 1.29 is 14.3 Å². The van der Waals surface area contributed by atoms with Gasteiger partial charge in [-0.1, -0.05) is 36.8 Å². The number of aryl methyl sites for hydroxylation is 1. The highest BCUT2D eigenvalue weighted by molar-refractivity contribution is 5.83. The van der Waals surface area contributed by atoms with E-state index in [-0.39, 0.29) is 11.9 Å². The maximum atomic E-state index is 12.5. The van der Waals surface area contributed by atoms with Gasteiger partial charge in [-0.3, -0.25) is 0 Å². The molecule has 3 nitrogen and oxygen atoms in total. The lowest BCUT2D eigenvalue weighted by Gasteiger charge is -2.39. The molecule has 2 unspecified atom stereocenters. The lowest BCUT2D eigenvalue weighted by Crippen LogP contribution is -2.44. The Morgan fingerprint density at radius 3 is 3.00 bits per heavy atom. The highest BCUT2D eigenvalue weighted by Crippen LogP contribution is 2.42. The summed E-state index contributed by atoms with van der Waals surface area (Å²) in [5.41, 5.74) is 2.16. The van der Waals surface area contributed by atoms with Gasteiger partial charge in [-0.2, -0.15) is 0 Å². The Balaban J connectivity index is 2.59. The number of carbonyl (C=O) groups is 1. The molecule has 1 aliphatic heterocycles. The normalized spacial score (nSPS) is 24.9.